The molecule has 0 aromatic heterocycles. The Morgan fingerprint density at radius 3 is 2.30 bits per heavy atom. The molecule has 0 fully saturated rings. The molecule has 0 radical (unpaired) electrons. The molecule has 0 rings (SSSR count). The molecule has 60 valence electrons. The number of hydrogen-bond donors (Lipinski definition) is 2. The normalized spacial score (nSPS) is 19.6. The summed E-state index contributed by atoms with van der Waals surface area (Å²) >= 11 is 0. The molecule has 3 unspecified atom stereocenters. The largest absolute Gasteiger partial charge is 0.396 e. The molecule has 0 saturated carbocycles. The summed E-state index contributed by atoms with van der Waals surface area (Å²) in [7, 11) is 0. The number of aliphatic hydroxyl groups excluding tert-OH is 2. The average Bonchev–Trinajstić information content (AvgIpc) is 2.00. The van der Waals surface area contributed by atoms with E-state index in [0.717, 1.165) is 0 Å². The van der Waals surface area contributed by atoms with Crippen LogP contribution in [0.1, 0.15) is 13.8 Å². The zero-order chi connectivity index (χ0) is 8.15. The van der Waals surface area contributed by atoms with Gasteiger partial charge in [0.1, 0.15) is 0 Å². The minimum atomic E-state index is -0.470. The van der Waals surface area contributed by atoms with E-state index in [9.17, 15) is 5.11 Å². The van der Waals surface area contributed by atoms with E-state index in [1.807, 2.05) is 13.8 Å². The molecule has 2 heteroatoms. The van der Waals surface area contributed by atoms with Crippen molar-refractivity contribution in [3.05, 3.63) is 12.7 Å². The topological polar surface area (TPSA) is 40.5 Å². The van der Waals surface area contributed by atoms with Crippen LogP contribution in [0.15, 0.2) is 12.7 Å². The molecule has 10 heavy (non-hydrogen) atoms. The molecule has 0 aliphatic rings. The molecule has 0 aromatic carbocycles. The zero-order valence-corrected chi connectivity index (χ0v) is 6.62. The first-order valence-electron chi connectivity index (χ1n) is 3.55. The van der Waals surface area contributed by atoms with Crippen LogP contribution in [0.2, 0.25) is 0 Å². The number of aliphatic hydroxyl groups is 2. The van der Waals surface area contributed by atoms with E-state index in [2.05, 4.69) is 6.58 Å². The van der Waals surface area contributed by atoms with Crippen molar-refractivity contribution in [2.24, 2.45) is 11.8 Å². The van der Waals surface area contributed by atoms with Gasteiger partial charge in [-0.25, -0.2) is 0 Å². The predicted molar refractivity (Wildman–Crippen MR) is 41.6 cm³/mol. The van der Waals surface area contributed by atoms with Crippen molar-refractivity contribution in [2.75, 3.05) is 6.61 Å². The van der Waals surface area contributed by atoms with E-state index < -0.39 is 6.10 Å². The van der Waals surface area contributed by atoms with Gasteiger partial charge in [0, 0.05) is 18.4 Å². The van der Waals surface area contributed by atoms with Crippen LogP contribution < -0.4 is 0 Å². The van der Waals surface area contributed by atoms with Crippen LogP contribution in [0, 0.1) is 11.8 Å². The summed E-state index contributed by atoms with van der Waals surface area (Å²) in [4.78, 5) is 0. The third-order valence-electron chi connectivity index (χ3n) is 1.78. The van der Waals surface area contributed by atoms with Gasteiger partial charge in [-0.1, -0.05) is 19.9 Å². The second-order valence-electron chi connectivity index (χ2n) is 2.75. The average molecular weight is 144 g/mol. The fourth-order valence-corrected chi connectivity index (χ4v) is 0.766. The molecule has 0 spiro atoms. The summed E-state index contributed by atoms with van der Waals surface area (Å²) in [6.45, 7) is 7.27. The van der Waals surface area contributed by atoms with Gasteiger partial charge in [-0.2, -0.15) is 0 Å². The lowest BCUT2D eigenvalue weighted by molar-refractivity contribution is 0.0514. The van der Waals surface area contributed by atoms with Crippen LogP contribution in [0.3, 0.4) is 0 Å². The summed E-state index contributed by atoms with van der Waals surface area (Å²) in [5, 5.41) is 18.0. The number of hydrogen-bond acceptors (Lipinski definition) is 2. The van der Waals surface area contributed by atoms with Crippen LogP contribution in [0.25, 0.3) is 0 Å². The van der Waals surface area contributed by atoms with Gasteiger partial charge in [-0.15, -0.1) is 6.58 Å². The fraction of sp³-hybridized carbons (Fsp3) is 0.750. The van der Waals surface area contributed by atoms with Crippen molar-refractivity contribution in [1.29, 1.82) is 0 Å². The van der Waals surface area contributed by atoms with Gasteiger partial charge in [0.25, 0.3) is 0 Å². The Morgan fingerprint density at radius 2 is 2.00 bits per heavy atom. The van der Waals surface area contributed by atoms with Crippen molar-refractivity contribution in [3.63, 3.8) is 0 Å². The van der Waals surface area contributed by atoms with Crippen molar-refractivity contribution >= 4 is 0 Å². The van der Waals surface area contributed by atoms with Crippen molar-refractivity contribution < 1.29 is 10.2 Å². The maximum Gasteiger partial charge on any atom is 0.0647 e. The van der Waals surface area contributed by atoms with Gasteiger partial charge in [-0.3, -0.25) is 0 Å². The van der Waals surface area contributed by atoms with Gasteiger partial charge in [0.05, 0.1) is 6.10 Å². The highest BCUT2D eigenvalue weighted by molar-refractivity contribution is 4.83. The Bertz CT molecular complexity index is 101. The fourth-order valence-electron chi connectivity index (χ4n) is 0.766. The summed E-state index contributed by atoms with van der Waals surface area (Å²) in [5.41, 5.74) is 0. The standard InChI is InChI=1S/C8H16O2/c1-4-6(2)8(10)7(3)5-9/h4,6-10H,1,5H2,2-3H3. The monoisotopic (exact) mass is 144 g/mol. The molecular formula is C8H16O2. The van der Waals surface area contributed by atoms with E-state index in [4.69, 9.17) is 5.11 Å². The molecule has 0 aliphatic heterocycles. The van der Waals surface area contributed by atoms with Crippen LogP contribution in [0.4, 0.5) is 0 Å². The van der Waals surface area contributed by atoms with Crippen LogP contribution in [0.5, 0.6) is 0 Å². The van der Waals surface area contributed by atoms with Crippen molar-refractivity contribution in [1.82, 2.24) is 0 Å². The minimum absolute atomic E-state index is 0.0271. The number of rotatable bonds is 4. The van der Waals surface area contributed by atoms with Crippen molar-refractivity contribution in [3.8, 4) is 0 Å². The Morgan fingerprint density at radius 1 is 1.50 bits per heavy atom. The lowest BCUT2D eigenvalue weighted by Crippen LogP contribution is -2.26. The van der Waals surface area contributed by atoms with E-state index in [-0.39, 0.29) is 18.4 Å². The summed E-state index contributed by atoms with van der Waals surface area (Å²) in [5.74, 6) is -0.00449. The van der Waals surface area contributed by atoms with Gasteiger partial charge in [0.15, 0.2) is 0 Å². The predicted octanol–water partition coefficient (Wildman–Crippen LogP) is 0.798. The van der Waals surface area contributed by atoms with E-state index in [1.165, 1.54) is 0 Å². The third kappa shape index (κ3) is 2.50. The first-order valence-corrected chi connectivity index (χ1v) is 3.55. The Labute approximate surface area is 62.2 Å². The minimum Gasteiger partial charge on any atom is -0.396 e. The molecule has 2 N–H and O–H groups in total. The molecule has 0 saturated heterocycles. The smallest absolute Gasteiger partial charge is 0.0647 e. The second-order valence-corrected chi connectivity index (χ2v) is 2.75. The van der Waals surface area contributed by atoms with E-state index in [1.54, 1.807) is 6.08 Å². The molecule has 0 aliphatic carbocycles. The van der Waals surface area contributed by atoms with E-state index >= 15 is 0 Å². The lowest BCUT2D eigenvalue weighted by Gasteiger charge is -2.20. The summed E-state index contributed by atoms with van der Waals surface area (Å²) < 4.78 is 0. The Hall–Kier alpha value is -0.340. The van der Waals surface area contributed by atoms with Gasteiger partial charge in [-0.05, 0) is 0 Å². The maximum absolute atomic E-state index is 9.35. The SMILES string of the molecule is C=CC(C)C(O)C(C)CO. The van der Waals surface area contributed by atoms with Gasteiger partial charge >= 0.3 is 0 Å². The first kappa shape index (κ1) is 9.66. The molecule has 0 aromatic rings. The van der Waals surface area contributed by atoms with Crippen LogP contribution in [-0.4, -0.2) is 22.9 Å². The molecule has 0 amide bonds. The highest BCUT2D eigenvalue weighted by Gasteiger charge is 2.17. The van der Waals surface area contributed by atoms with Gasteiger partial charge < -0.3 is 10.2 Å². The van der Waals surface area contributed by atoms with Crippen LogP contribution >= 0.6 is 0 Å². The van der Waals surface area contributed by atoms with Crippen LogP contribution in [-0.2, 0) is 0 Å². The van der Waals surface area contributed by atoms with Gasteiger partial charge in [0.2, 0.25) is 0 Å². The Balaban J connectivity index is 3.80. The zero-order valence-electron chi connectivity index (χ0n) is 6.62. The lowest BCUT2D eigenvalue weighted by atomic mass is 9.94. The third-order valence-corrected chi connectivity index (χ3v) is 1.78. The highest BCUT2D eigenvalue weighted by atomic mass is 16.3. The second kappa shape index (κ2) is 4.47. The molecule has 2 nitrogen and oxygen atoms in total. The summed E-state index contributed by atoms with van der Waals surface area (Å²) in [6.07, 6.45) is 1.22. The first-order chi connectivity index (χ1) is 4.63. The molecule has 3 atom stereocenters. The maximum atomic E-state index is 9.35. The molecular weight excluding hydrogens is 128 g/mol. The summed E-state index contributed by atoms with van der Waals surface area (Å²) in [6, 6.07) is 0. The molecule has 0 heterocycles. The molecule has 0 bridgehead atoms. The highest BCUT2D eigenvalue weighted by Crippen LogP contribution is 2.12. The van der Waals surface area contributed by atoms with E-state index in [0.29, 0.717) is 0 Å². The Kier molecular flexibility index (Phi) is 4.32. The van der Waals surface area contributed by atoms with Crippen molar-refractivity contribution in [2.45, 2.75) is 20.0 Å². The quantitative estimate of drug-likeness (QED) is 0.573.